The number of nitrogens with one attached hydrogen (secondary N) is 1. The van der Waals surface area contributed by atoms with Crippen molar-refractivity contribution in [3.63, 3.8) is 0 Å². The van der Waals surface area contributed by atoms with Gasteiger partial charge in [0, 0.05) is 12.8 Å². The first kappa shape index (κ1) is 64.0. The molecule has 0 aliphatic heterocycles. The summed E-state index contributed by atoms with van der Waals surface area (Å²) >= 11 is 0. The number of ether oxygens (including phenoxy) is 1. The molecule has 0 saturated carbocycles. The Morgan fingerprint density at radius 3 is 1.35 bits per heavy atom. The van der Waals surface area contributed by atoms with Crippen LogP contribution in [0.2, 0.25) is 0 Å². The Hall–Kier alpha value is -4.00. The Balaban J connectivity index is 4.78. The zero-order valence-corrected chi connectivity index (χ0v) is 43.7. The average molecular weight is 940 g/mol. The summed E-state index contributed by atoms with van der Waals surface area (Å²) in [4.78, 5) is 26.2. The largest absolute Gasteiger partial charge is 0.461 e. The summed E-state index contributed by atoms with van der Waals surface area (Å²) in [5.74, 6) is -0.643. The summed E-state index contributed by atoms with van der Waals surface area (Å²) in [7, 11) is 0. The van der Waals surface area contributed by atoms with Gasteiger partial charge < -0.3 is 20.3 Å². The van der Waals surface area contributed by atoms with Crippen molar-refractivity contribution in [2.75, 3.05) is 6.61 Å². The SMILES string of the molecule is CC\C=C/C=C/C=C/C=C\C=C\C=C\CCCCCC(=O)OC(C/C=C\C/C=C\C/C=C\C/C=C\C/C=C\CC)CC(=O)NC(CO)C(O)CCCCCCCCCCCCCCCCCCC. The molecule has 6 heteroatoms. The lowest BCUT2D eigenvalue weighted by molar-refractivity contribution is -0.150. The molecular formula is C62H101NO5. The first-order chi connectivity index (χ1) is 33.5. The van der Waals surface area contributed by atoms with Crippen molar-refractivity contribution >= 4 is 11.9 Å². The molecule has 1 amide bonds. The quantitative estimate of drug-likeness (QED) is 0.0244. The number of esters is 1. The van der Waals surface area contributed by atoms with Gasteiger partial charge in [-0.15, -0.1) is 0 Å². The Labute approximate surface area is 418 Å². The first-order valence-electron chi connectivity index (χ1n) is 27.5. The second-order valence-corrected chi connectivity index (χ2v) is 18.0. The molecule has 0 heterocycles. The van der Waals surface area contributed by atoms with E-state index in [4.69, 9.17) is 4.74 Å². The number of carbonyl (C=O) groups is 2. The van der Waals surface area contributed by atoms with E-state index < -0.39 is 18.2 Å². The molecule has 0 radical (unpaired) electrons. The van der Waals surface area contributed by atoms with Gasteiger partial charge in [-0.25, -0.2) is 0 Å². The van der Waals surface area contributed by atoms with E-state index in [0.29, 0.717) is 19.3 Å². The molecular weight excluding hydrogens is 839 g/mol. The minimum absolute atomic E-state index is 0.0279. The highest BCUT2D eigenvalue weighted by Gasteiger charge is 2.23. The Morgan fingerprint density at radius 1 is 0.471 bits per heavy atom. The number of aliphatic hydroxyl groups excluding tert-OH is 2. The van der Waals surface area contributed by atoms with E-state index in [1.54, 1.807) is 0 Å². The number of hydrogen-bond donors (Lipinski definition) is 3. The van der Waals surface area contributed by atoms with Crippen molar-refractivity contribution < 1.29 is 24.5 Å². The van der Waals surface area contributed by atoms with E-state index in [1.807, 2.05) is 72.9 Å². The number of hydrogen-bond acceptors (Lipinski definition) is 5. The van der Waals surface area contributed by atoms with E-state index in [-0.39, 0.29) is 24.9 Å². The topological polar surface area (TPSA) is 95.9 Å². The Bertz CT molecular complexity index is 1470. The van der Waals surface area contributed by atoms with Crippen molar-refractivity contribution in [3.05, 3.63) is 134 Å². The number of amides is 1. The lowest BCUT2D eigenvalue weighted by atomic mass is 10.0. The molecule has 0 aliphatic rings. The van der Waals surface area contributed by atoms with Gasteiger partial charge in [0.15, 0.2) is 0 Å². The third-order valence-corrected chi connectivity index (χ3v) is 11.6. The van der Waals surface area contributed by atoms with Gasteiger partial charge in [-0.05, 0) is 64.2 Å². The third-order valence-electron chi connectivity index (χ3n) is 11.6. The van der Waals surface area contributed by atoms with Crippen LogP contribution in [-0.2, 0) is 14.3 Å². The molecule has 3 unspecified atom stereocenters. The van der Waals surface area contributed by atoms with Crippen LogP contribution < -0.4 is 5.32 Å². The Morgan fingerprint density at radius 2 is 0.882 bits per heavy atom. The zero-order chi connectivity index (χ0) is 49.5. The smallest absolute Gasteiger partial charge is 0.306 e. The summed E-state index contributed by atoms with van der Waals surface area (Å²) in [6.45, 7) is 6.19. The summed E-state index contributed by atoms with van der Waals surface area (Å²) in [5, 5.41) is 23.8. The molecule has 0 aliphatic carbocycles. The van der Waals surface area contributed by atoms with Crippen molar-refractivity contribution in [2.45, 2.75) is 238 Å². The molecule has 0 aromatic rings. The fraction of sp³-hybridized carbons (Fsp3) is 0.613. The van der Waals surface area contributed by atoms with Gasteiger partial charge in [0.25, 0.3) is 0 Å². The van der Waals surface area contributed by atoms with Crippen molar-refractivity contribution in [1.29, 1.82) is 0 Å². The molecule has 0 saturated heterocycles. The fourth-order valence-electron chi connectivity index (χ4n) is 7.54. The van der Waals surface area contributed by atoms with Crippen LogP contribution in [0.3, 0.4) is 0 Å². The lowest BCUT2D eigenvalue weighted by Crippen LogP contribution is -2.46. The van der Waals surface area contributed by atoms with E-state index in [0.717, 1.165) is 83.5 Å². The first-order valence-corrected chi connectivity index (χ1v) is 27.5. The fourth-order valence-corrected chi connectivity index (χ4v) is 7.54. The number of rotatable bonds is 47. The molecule has 3 N–H and O–H groups in total. The highest BCUT2D eigenvalue weighted by molar-refractivity contribution is 5.77. The van der Waals surface area contributed by atoms with Crippen LogP contribution in [0.1, 0.15) is 220 Å². The maximum atomic E-state index is 13.2. The summed E-state index contributed by atoms with van der Waals surface area (Å²) in [6.07, 6.45) is 76.7. The summed E-state index contributed by atoms with van der Waals surface area (Å²) in [6, 6.07) is -0.752. The van der Waals surface area contributed by atoms with Gasteiger partial charge in [0.05, 0.1) is 25.2 Å². The number of unbranched alkanes of at least 4 members (excludes halogenated alkanes) is 19. The van der Waals surface area contributed by atoms with Gasteiger partial charge in [0.2, 0.25) is 5.91 Å². The molecule has 3 atom stereocenters. The van der Waals surface area contributed by atoms with Crippen LogP contribution >= 0.6 is 0 Å². The Kier molecular flexibility index (Phi) is 50.8. The van der Waals surface area contributed by atoms with Crippen LogP contribution in [0.25, 0.3) is 0 Å². The molecule has 0 spiro atoms. The second-order valence-electron chi connectivity index (χ2n) is 18.0. The minimum Gasteiger partial charge on any atom is -0.461 e. The van der Waals surface area contributed by atoms with Crippen molar-refractivity contribution in [1.82, 2.24) is 5.32 Å². The number of aliphatic hydroxyl groups is 2. The van der Waals surface area contributed by atoms with E-state index in [1.165, 1.54) is 89.9 Å². The highest BCUT2D eigenvalue weighted by atomic mass is 16.5. The van der Waals surface area contributed by atoms with E-state index in [9.17, 15) is 19.8 Å². The van der Waals surface area contributed by atoms with Gasteiger partial charge >= 0.3 is 5.97 Å². The van der Waals surface area contributed by atoms with Gasteiger partial charge in [-0.2, -0.15) is 0 Å². The molecule has 0 fully saturated rings. The van der Waals surface area contributed by atoms with E-state index in [2.05, 4.69) is 86.8 Å². The molecule has 0 rings (SSSR count). The van der Waals surface area contributed by atoms with E-state index >= 15 is 0 Å². The molecule has 0 aromatic heterocycles. The lowest BCUT2D eigenvalue weighted by Gasteiger charge is -2.24. The van der Waals surface area contributed by atoms with Crippen LogP contribution in [0.4, 0.5) is 0 Å². The van der Waals surface area contributed by atoms with Gasteiger partial charge in [0.1, 0.15) is 6.10 Å². The number of carbonyl (C=O) groups excluding carboxylic acids is 2. The standard InChI is InChI=1S/C62H101NO5/c1-4-7-10-13-16-19-22-25-28-30-33-36-39-42-45-48-51-54-60(65)59(57-64)63-61(66)56-58(53-50-47-44-41-38-35-32-27-24-21-18-15-12-9-6-3)68-62(67)55-52-49-46-43-40-37-34-31-29-26-23-20-17-14-11-8-5-2/h8-9,11-12,14,17-18,20-21,23,26-27,29,31-32,34,37-38,40-41,47,50,58-60,64-65H,4-7,10,13,15-16,19,22,24-25,28,30,33,35-36,39,42-46,48-49,51-57H2,1-3H3,(H,63,66)/b11-8-,12-9-,17-14+,21-18-,23-20+,29-26-,32-27-,34-31+,40-37+,41-38-,50-47-. The third kappa shape index (κ3) is 48.5. The molecule has 384 valence electrons. The summed E-state index contributed by atoms with van der Waals surface area (Å²) < 4.78 is 5.86. The van der Waals surface area contributed by atoms with Crippen molar-refractivity contribution in [2.24, 2.45) is 0 Å². The van der Waals surface area contributed by atoms with Gasteiger partial charge in [-0.3, -0.25) is 9.59 Å². The molecule has 6 nitrogen and oxygen atoms in total. The average Bonchev–Trinajstić information content (AvgIpc) is 3.33. The monoisotopic (exact) mass is 940 g/mol. The maximum absolute atomic E-state index is 13.2. The maximum Gasteiger partial charge on any atom is 0.306 e. The van der Waals surface area contributed by atoms with Crippen LogP contribution in [-0.4, -0.2) is 46.9 Å². The zero-order valence-electron chi connectivity index (χ0n) is 43.7. The molecule has 0 aromatic carbocycles. The van der Waals surface area contributed by atoms with Crippen LogP contribution in [0.15, 0.2) is 134 Å². The number of allylic oxidation sites excluding steroid dienone is 21. The van der Waals surface area contributed by atoms with Crippen molar-refractivity contribution in [3.8, 4) is 0 Å². The molecule has 0 bridgehead atoms. The molecule has 68 heavy (non-hydrogen) atoms. The summed E-state index contributed by atoms with van der Waals surface area (Å²) in [5.41, 5.74) is 0. The highest BCUT2D eigenvalue weighted by Crippen LogP contribution is 2.16. The van der Waals surface area contributed by atoms with Gasteiger partial charge in [-0.1, -0.05) is 270 Å². The normalized spacial score (nSPS) is 14.2. The predicted octanol–water partition coefficient (Wildman–Crippen LogP) is 17.0. The minimum atomic E-state index is -0.830. The van der Waals surface area contributed by atoms with Crippen LogP contribution in [0.5, 0.6) is 0 Å². The van der Waals surface area contributed by atoms with Crippen LogP contribution in [0, 0.1) is 0 Å². The second kappa shape index (κ2) is 53.9. The predicted molar refractivity (Wildman–Crippen MR) is 296 cm³/mol.